The number of benzene rings is 1. The summed E-state index contributed by atoms with van der Waals surface area (Å²) in [7, 11) is 0. The zero-order chi connectivity index (χ0) is 13.0. The van der Waals surface area contributed by atoms with Crippen molar-refractivity contribution in [3.63, 3.8) is 0 Å². The van der Waals surface area contributed by atoms with Gasteiger partial charge in [-0.2, -0.15) is 0 Å². The first kappa shape index (κ1) is 13.1. The van der Waals surface area contributed by atoms with Crippen LogP contribution >= 0.6 is 11.6 Å². The van der Waals surface area contributed by atoms with Gasteiger partial charge in [-0.05, 0) is 31.5 Å². The van der Waals surface area contributed by atoms with Gasteiger partial charge >= 0.3 is 0 Å². The molecule has 0 bridgehead atoms. The molecule has 1 aromatic carbocycles. The molecule has 0 radical (unpaired) electrons. The van der Waals surface area contributed by atoms with Gasteiger partial charge < -0.3 is 9.73 Å². The zero-order valence-electron chi connectivity index (χ0n) is 10.7. The van der Waals surface area contributed by atoms with Crippen molar-refractivity contribution >= 4 is 11.6 Å². The second-order valence-electron chi connectivity index (χ2n) is 4.26. The highest BCUT2D eigenvalue weighted by Gasteiger charge is 2.11. The first-order valence-corrected chi connectivity index (χ1v) is 6.50. The van der Waals surface area contributed by atoms with Crippen molar-refractivity contribution in [2.75, 3.05) is 6.54 Å². The molecule has 0 aliphatic heterocycles. The minimum atomic E-state index is 0.581. The average Bonchev–Trinajstić information content (AvgIpc) is 2.82. The summed E-state index contributed by atoms with van der Waals surface area (Å²) in [5.41, 5.74) is 2.77. The molecule has 4 heteroatoms. The summed E-state index contributed by atoms with van der Waals surface area (Å²) >= 11 is 6.25. The molecule has 0 saturated heterocycles. The predicted molar refractivity (Wildman–Crippen MR) is 73.7 cm³/mol. The van der Waals surface area contributed by atoms with Crippen LogP contribution in [0.4, 0.5) is 0 Å². The van der Waals surface area contributed by atoms with Crippen molar-refractivity contribution in [3.05, 3.63) is 40.7 Å². The van der Waals surface area contributed by atoms with Crippen molar-refractivity contribution in [1.82, 2.24) is 10.3 Å². The van der Waals surface area contributed by atoms with Gasteiger partial charge in [0.2, 0.25) is 5.89 Å². The van der Waals surface area contributed by atoms with Crippen LogP contribution in [0.5, 0.6) is 0 Å². The Morgan fingerprint density at radius 1 is 1.39 bits per heavy atom. The van der Waals surface area contributed by atoms with Crippen molar-refractivity contribution in [2.45, 2.75) is 26.8 Å². The highest BCUT2D eigenvalue weighted by atomic mass is 35.5. The summed E-state index contributed by atoms with van der Waals surface area (Å²) in [6.45, 7) is 5.81. The summed E-state index contributed by atoms with van der Waals surface area (Å²) in [5, 5.41) is 3.99. The Hall–Kier alpha value is -1.32. The summed E-state index contributed by atoms with van der Waals surface area (Å²) in [6, 6.07) is 5.85. The van der Waals surface area contributed by atoms with E-state index in [-0.39, 0.29) is 0 Å². The normalized spacial score (nSPS) is 10.8. The highest BCUT2D eigenvalue weighted by molar-refractivity contribution is 6.33. The number of aryl methyl sites for hydroxylation is 1. The third-order valence-corrected chi connectivity index (χ3v) is 3.21. The zero-order valence-corrected chi connectivity index (χ0v) is 11.4. The molecular formula is C14H17ClN2O. The fourth-order valence-corrected chi connectivity index (χ4v) is 1.92. The van der Waals surface area contributed by atoms with Crippen molar-refractivity contribution in [1.29, 1.82) is 0 Å². The number of nitrogens with one attached hydrogen (secondary N) is 1. The molecule has 0 fully saturated rings. The van der Waals surface area contributed by atoms with Crippen LogP contribution in [-0.4, -0.2) is 11.5 Å². The van der Waals surface area contributed by atoms with E-state index in [0.717, 1.165) is 36.3 Å². The molecule has 0 amide bonds. The third kappa shape index (κ3) is 2.92. The lowest BCUT2D eigenvalue weighted by Crippen LogP contribution is -2.13. The van der Waals surface area contributed by atoms with E-state index in [4.69, 9.17) is 16.0 Å². The van der Waals surface area contributed by atoms with Crippen LogP contribution in [-0.2, 0) is 6.54 Å². The lowest BCUT2D eigenvalue weighted by molar-refractivity contribution is 0.570. The highest BCUT2D eigenvalue weighted by Crippen LogP contribution is 2.29. The second kappa shape index (κ2) is 6.03. The predicted octanol–water partition coefficient (Wildman–Crippen LogP) is 3.80. The molecule has 2 rings (SSSR count). The first-order chi connectivity index (χ1) is 8.72. The number of nitrogens with zero attached hydrogens (tertiary/aromatic N) is 1. The molecule has 3 nitrogen and oxygen atoms in total. The van der Waals surface area contributed by atoms with Crippen LogP contribution < -0.4 is 5.32 Å². The van der Waals surface area contributed by atoms with Gasteiger partial charge in [-0.25, -0.2) is 4.98 Å². The van der Waals surface area contributed by atoms with E-state index in [0.29, 0.717) is 10.9 Å². The minimum absolute atomic E-state index is 0.581. The van der Waals surface area contributed by atoms with Gasteiger partial charge in [-0.1, -0.05) is 30.7 Å². The third-order valence-electron chi connectivity index (χ3n) is 2.71. The molecular weight excluding hydrogens is 248 g/mol. The van der Waals surface area contributed by atoms with Crippen LogP contribution in [0.25, 0.3) is 11.5 Å². The second-order valence-corrected chi connectivity index (χ2v) is 4.64. The smallest absolute Gasteiger partial charge is 0.227 e. The van der Waals surface area contributed by atoms with Crippen molar-refractivity contribution in [3.8, 4) is 11.5 Å². The van der Waals surface area contributed by atoms with Crippen molar-refractivity contribution < 1.29 is 4.42 Å². The van der Waals surface area contributed by atoms with Gasteiger partial charge in [-0.15, -0.1) is 0 Å². The maximum absolute atomic E-state index is 6.25. The molecule has 0 saturated carbocycles. The number of halogens is 1. The van der Waals surface area contributed by atoms with E-state index in [1.165, 1.54) is 0 Å². The van der Waals surface area contributed by atoms with E-state index in [9.17, 15) is 0 Å². The summed E-state index contributed by atoms with van der Waals surface area (Å²) in [6.07, 6.45) is 2.78. The molecule has 1 heterocycles. The summed E-state index contributed by atoms with van der Waals surface area (Å²) < 4.78 is 5.48. The van der Waals surface area contributed by atoms with E-state index < -0.39 is 0 Å². The molecule has 0 unspecified atom stereocenters. The minimum Gasteiger partial charge on any atom is -0.444 e. The van der Waals surface area contributed by atoms with E-state index >= 15 is 0 Å². The molecule has 2 aromatic rings. The molecule has 18 heavy (non-hydrogen) atoms. The lowest BCUT2D eigenvalue weighted by Gasteiger charge is -2.02. The van der Waals surface area contributed by atoms with E-state index in [2.05, 4.69) is 17.2 Å². The molecule has 0 atom stereocenters. The van der Waals surface area contributed by atoms with Crippen LogP contribution in [0.2, 0.25) is 5.02 Å². The van der Waals surface area contributed by atoms with Crippen LogP contribution in [0, 0.1) is 6.92 Å². The fraction of sp³-hybridized carbons (Fsp3) is 0.357. The van der Waals surface area contributed by atoms with Crippen LogP contribution in [0.1, 0.15) is 24.6 Å². The first-order valence-electron chi connectivity index (χ1n) is 6.13. The Kier molecular flexibility index (Phi) is 4.39. The fourth-order valence-electron chi connectivity index (χ4n) is 1.72. The van der Waals surface area contributed by atoms with Gasteiger partial charge in [0.25, 0.3) is 0 Å². The van der Waals surface area contributed by atoms with E-state index in [1.807, 2.05) is 25.1 Å². The number of rotatable bonds is 5. The summed E-state index contributed by atoms with van der Waals surface area (Å²) in [4.78, 5) is 4.44. The molecule has 1 aromatic heterocycles. The standard InChI is InChI=1S/C14H17ClN2O/c1-3-7-16-8-11-9-18-14(17-11)12-6-4-5-10(2)13(12)15/h4-6,9,16H,3,7-8H2,1-2H3. The van der Waals surface area contributed by atoms with Gasteiger partial charge in [0, 0.05) is 6.54 Å². The van der Waals surface area contributed by atoms with Gasteiger partial charge in [-0.3, -0.25) is 0 Å². The number of hydrogen-bond donors (Lipinski definition) is 1. The van der Waals surface area contributed by atoms with Crippen LogP contribution in [0.15, 0.2) is 28.9 Å². The lowest BCUT2D eigenvalue weighted by atomic mass is 10.1. The number of hydrogen-bond acceptors (Lipinski definition) is 3. The Morgan fingerprint density at radius 2 is 2.22 bits per heavy atom. The maximum Gasteiger partial charge on any atom is 0.227 e. The Bertz CT molecular complexity index is 522. The van der Waals surface area contributed by atoms with Gasteiger partial charge in [0.1, 0.15) is 6.26 Å². The number of aromatic nitrogens is 1. The Labute approximate surface area is 112 Å². The maximum atomic E-state index is 6.25. The van der Waals surface area contributed by atoms with E-state index in [1.54, 1.807) is 6.26 Å². The SMILES string of the molecule is CCCNCc1coc(-c2cccc(C)c2Cl)n1. The van der Waals surface area contributed by atoms with Gasteiger partial charge in [0.15, 0.2) is 0 Å². The summed E-state index contributed by atoms with van der Waals surface area (Å²) in [5.74, 6) is 0.581. The largest absolute Gasteiger partial charge is 0.444 e. The Balaban J connectivity index is 2.16. The monoisotopic (exact) mass is 264 g/mol. The number of oxazole rings is 1. The quantitative estimate of drug-likeness (QED) is 0.835. The molecule has 1 N–H and O–H groups in total. The van der Waals surface area contributed by atoms with Crippen LogP contribution in [0.3, 0.4) is 0 Å². The topological polar surface area (TPSA) is 38.1 Å². The molecule has 96 valence electrons. The van der Waals surface area contributed by atoms with Gasteiger partial charge in [0.05, 0.1) is 16.3 Å². The Morgan fingerprint density at radius 3 is 3.00 bits per heavy atom. The average molecular weight is 265 g/mol. The molecule has 0 aliphatic rings. The molecule has 0 aliphatic carbocycles. The molecule has 0 spiro atoms. The van der Waals surface area contributed by atoms with Crippen molar-refractivity contribution in [2.24, 2.45) is 0 Å².